The van der Waals surface area contributed by atoms with E-state index in [0.29, 0.717) is 13.2 Å². The van der Waals surface area contributed by atoms with Crippen LogP contribution in [-0.2, 0) is 0 Å². The van der Waals surface area contributed by atoms with Gasteiger partial charge in [-0.1, -0.05) is 18.2 Å². The molecule has 0 saturated carbocycles. The van der Waals surface area contributed by atoms with Crippen molar-refractivity contribution in [3.8, 4) is 11.5 Å². The third kappa shape index (κ3) is 2.35. The highest BCUT2D eigenvalue weighted by Gasteiger charge is 2.10. The van der Waals surface area contributed by atoms with Crippen molar-refractivity contribution in [2.45, 2.75) is 0 Å². The molecule has 0 fully saturated rings. The largest absolute Gasteiger partial charge is 0.486 e. The van der Waals surface area contributed by atoms with Crippen molar-refractivity contribution in [1.29, 1.82) is 0 Å². The lowest BCUT2D eigenvalue weighted by molar-refractivity contribution is 0.171. The Morgan fingerprint density at radius 1 is 0.944 bits per heavy atom. The number of benzene rings is 1. The zero-order valence-corrected chi connectivity index (χ0v) is 9.87. The van der Waals surface area contributed by atoms with Gasteiger partial charge in [-0.2, -0.15) is 0 Å². The summed E-state index contributed by atoms with van der Waals surface area (Å²) < 4.78 is 11.0. The monoisotopic (exact) mass is 239 g/mol. The van der Waals surface area contributed by atoms with Crippen molar-refractivity contribution in [3.63, 3.8) is 0 Å². The fraction of sp³-hybridized carbons (Fsp3) is 0.133. The minimum absolute atomic E-state index is 0.612. The second kappa shape index (κ2) is 4.92. The first-order chi connectivity index (χ1) is 8.92. The van der Waals surface area contributed by atoms with Gasteiger partial charge in [0.25, 0.3) is 0 Å². The molecule has 0 aliphatic carbocycles. The molecule has 3 rings (SSSR count). The van der Waals surface area contributed by atoms with Crippen LogP contribution in [0.2, 0.25) is 0 Å². The molecular formula is C15H13NO2. The van der Waals surface area contributed by atoms with E-state index in [2.05, 4.69) is 4.98 Å². The number of hydrogen-bond acceptors (Lipinski definition) is 3. The quantitative estimate of drug-likeness (QED) is 0.807. The van der Waals surface area contributed by atoms with E-state index in [-0.39, 0.29) is 0 Å². The number of nitrogens with zero attached hydrogens (tertiary/aromatic N) is 1. The molecule has 3 nitrogen and oxygen atoms in total. The molecular weight excluding hydrogens is 226 g/mol. The predicted octanol–water partition coefficient (Wildman–Crippen LogP) is 3.02. The zero-order valence-electron chi connectivity index (χ0n) is 9.87. The summed E-state index contributed by atoms with van der Waals surface area (Å²) in [6.45, 7) is 1.23. The van der Waals surface area contributed by atoms with Crippen LogP contribution < -0.4 is 9.47 Å². The fourth-order valence-corrected chi connectivity index (χ4v) is 1.82. The zero-order chi connectivity index (χ0) is 12.2. The Hall–Kier alpha value is -2.29. The summed E-state index contributed by atoms with van der Waals surface area (Å²) in [5, 5.41) is 0. The van der Waals surface area contributed by atoms with Crippen LogP contribution in [0.15, 0.2) is 42.6 Å². The molecule has 0 bridgehead atoms. The molecule has 0 atom stereocenters. The normalized spacial score (nSPS) is 13.8. The van der Waals surface area contributed by atoms with Crippen molar-refractivity contribution in [2.75, 3.05) is 13.2 Å². The highest BCUT2D eigenvalue weighted by atomic mass is 16.6. The standard InChI is InChI=1S/C15H13NO2/c1-2-8-16-13(3-1)6-4-12-5-7-14-15(11-12)18-10-9-17-14/h1-8,11H,9-10H2. The molecule has 2 heterocycles. The smallest absolute Gasteiger partial charge is 0.161 e. The third-order valence-corrected chi connectivity index (χ3v) is 2.70. The van der Waals surface area contributed by atoms with Gasteiger partial charge in [0.05, 0.1) is 5.69 Å². The molecule has 90 valence electrons. The fourth-order valence-electron chi connectivity index (χ4n) is 1.82. The number of pyridine rings is 1. The Kier molecular flexibility index (Phi) is 2.96. The highest BCUT2D eigenvalue weighted by molar-refractivity contribution is 5.69. The Balaban J connectivity index is 1.83. The minimum atomic E-state index is 0.612. The predicted molar refractivity (Wildman–Crippen MR) is 70.6 cm³/mol. The van der Waals surface area contributed by atoms with Crippen molar-refractivity contribution in [3.05, 3.63) is 53.9 Å². The molecule has 1 aromatic carbocycles. The molecule has 0 unspecified atom stereocenters. The number of ether oxygens (including phenoxy) is 2. The van der Waals surface area contributed by atoms with Crippen LogP contribution in [0.3, 0.4) is 0 Å². The summed E-state index contributed by atoms with van der Waals surface area (Å²) in [6, 6.07) is 11.8. The summed E-state index contributed by atoms with van der Waals surface area (Å²) in [6.07, 6.45) is 5.77. The molecule has 0 saturated heterocycles. The number of fused-ring (bicyclic) bond motifs is 1. The first kappa shape index (κ1) is 10.8. The SMILES string of the molecule is C(=Cc1ccccn1)c1ccc2c(c1)OCCO2. The highest BCUT2D eigenvalue weighted by Crippen LogP contribution is 2.31. The van der Waals surface area contributed by atoms with Crippen molar-refractivity contribution in [2.24, 2.45) is 0 Å². The van der Waals surface area contributed by atoms with Crippen LogP contribution in [0.25, 0.3) is 12.2 Å². The Morgan fingerprint density at radius 3 is 2.67 bits per heavy atom. The maximum atomic E-state index is 5.54. The van der Waals surface area contributed by atoms with E-state index in [1.807, 2.05) is 48.6 Å². The van der Waals surface area contributed by atoms with Crippen LogP contribution in [-0.4, -0.2) is 18.2 Å². The van der Waals surface area contributed by atoms with Gasteiger partial charge >= 0.3 is 0 Å². The van der Waals surface area contributed by atoms with Crippen LogP contribution in [0.4, 0.5) is 0 Å². The minimum Gasteiger partial charge on any atom is -0.486 e. The Morgan fingerprint density at radius 2 is 1.83 bits per heavy atom. The van der Waals surface area contributed by atoms with Crippen LogP contribution in [0.1, 0.15) is 11.3 Å². The molecule has 3 heteroatoms. The van der Waals surface area contributed by atoms with E-state index in [9.17, 15) is 0 Å². The van der Waals surface area contributed by atoms with E-state index >= 15 is 0 Å². The molecule has 0 N–H and O–H groups in total. The molecule has 0 amide bonds. The van der Waals surface area contributed by atoms with Crippen LogP contribution in [0.5, 0.6) is 11.5 Å². The van der Waals surface area contributed by atoms with E-state index in [4.69, 9.17) is 9.47 Å². The van der Waals surface area contributed by atoms with Crippen molar-refractivity contribution >= 4 is 12.2 Å². The second-order valence-corrected chi connectivity index (χ2v) is 3.99. The maximum absolute atomic E-state index is 5.54. The number of hydrogen-bond donors (Lipinski definition) is 0. The average molecular weight is 239 g/mol. The van der Waals surface area contributed by atoms with Crippen molar-refractivity contribution < 1.29 is 9.47 Å². The summed E-state index contributed by atoms with van der Waals surface area (Å²) in [7, 11) is 0. The molecule has 1 aliphatic rings. The summed E-state index contributed by atoms with van der Waals surface area (Å²) in [5.74, 6) is 1.63. The lowest BCUT2D eigenvalue weighted by atomic mass is 10.1. The molecule has 1 aromatic heterocycles. The van der Waals surface area contributed by atoms with Gasteiger partial charge in [-0.25, -0.2) is 0 Å². The third-order valence-electron chi connectivity index (χ3n) is 2.70. The molecule has 1 aliphatic heterocycles. The first-order valence-corrected chi connectivity index (χ1v) is 5.90. The average Bonchev–Trinajstić information content (AvgIpc) is 2.46. The van der Waals surface area contributed by atoms with E-state index in [0.717, 1.165) is 22.8 Å². The molecule has 0 spiro atoms. The van der Waals surface area contributed by atoms with Gasteiger partial charge in [-0.15, -0.1) is 0 Å². The second-order valence-electron chi connectivity index (χ2n) is 3.99. The molecule has 0 radical (unpaired) electrons. The van der Waals surface area contributed by atoms with Gasteiger partial charge in [0, 0.05) is 6.20 Å². The van der Waals surface area contributed by atoms with Gasteiger partial charge in [0.15, 0.2) is 11.5 Å². The molecule has 2 aromatic rings. The van der Waals surface area contributed by atoms with Gasteiger partial charge < -0.3 is 9.47 Å². The van der Waals surface area contributed by atoms with E-state index < -0.39 is 0 Å². The van der Waals surface area contributed by atoms with Gasteiger partial charge in [0.2, 0.25) is 0 Å². The topological polar surface area (TPSA) is 31.4 Å². The lowest BCUT2D eigenvalue weighted by Gasteiger charge is -2.18. The first-order valence-electron chi connectivity index (χ1n) is 5.90. The van der Waals surface area contributed by atoms with E-state index in [1.54, 1.807) is 6.20 Å². The summed E-state index contributed by atoms with van der Waals surface area (Å²) in [5.41, 5.74) is 2.01. The van der Waals surface area contributed by atoms with Crippen LogP contribution in [0, 0.1) is 0 Å². The number of aromatic nitrogens is 1. The van der Waals surface area contributed by atoms with Crippen LogP contribution >= 0.6 is 0 Å². The summed E-state index contributed by atoms with van der Waals surface area (Å²) >= 11 is 0. The molecule has 18 heavy (non-hydrogen) atoms. The van der Waals surface area contributed by atoms with Crippen molar-refractivity contribution in [1.82, 2.24) is 4.98 Å². The van der Waals surface area contributed by atoms with Gasteiger partial charge in [-0.3, -0.25) is 4.98 Å². The van der Waals surface area contributed by atoms with E-state index in [1.165, 1.54) is 0 Å². The lowest BCUT2D eigenvalue weighted by Crippen LogP contribution is -2.15. The van der Waals surface area contributed by atoms with Gasteiger partial charge in [0.1, 0.15) is 13.2 Å². The van der Waals surface area contributed by atoms with Gasteiger partial charge in [-0.05, 0) is 35.9 Å². The Labute approximate surface area is 106 Å². The Bertz CT molecular complexity index is 564. The maximum Gasteiger partial charge on any atom is 0.161 e. The summed E-state index contributed by atoms with van der Waals surface area (Å²) in [4.78, 5) is 4.24. The number of rotatable bonds is 2.